The van der Waals surface area contributed by atoms with Crippen LogP contribution in [0.15, 0.2) is 24.3 Å². The summed E-state index contributed by atoms with van der Waals surface area (Å²) >= 11 is 1.73. The fraction of sp³-hybridized carbons (Fsp3) is 0.600. The van der Waals surface area contributed by atoms with Crippen molar-refractivity contribution in [3.63, 3.8) is 0 Å². The van der Waals surface area contributed by atoms with Gasteiger partial charge in [0.1, 0.15) is 5.37 Å². The zero-order valence-electron chi connectivity index (χ0n) is 16.0. The predicted molar refractivity (Wildman–Crippen MR) is 105 cm³/mol. The molecule has 1 aromatic rings. The molecule has 0 aromatic heterocycles. The topological polar surface area (TPSA) is 45.1 Å². The molecule has 2 aliphatic rings. The molecule has 2 fully saturated rings. The number of rotatable bonds is 5. The fourth-order valence-electron chi connectivity index (χ4n) is 3.73. The molecule has 26 heavy (non-hydrogen) atoms. The molecule has 0 bridgehead atoms. The lowest BCUT2D eigenvalue weighted by Crippen LogP contribution is -3.15. The van der Waals surface area contributed by atoms with Crippen molar-refractivity contribution in [1.29, 1.82) is 0 Å². The summed E-state index contributed by atoms with van der Waals surface area (Å²) in [7, 11) is 0. The Balaban J connectivity index is 1.54. The smallest absolute Gasteiger partial charge is 0.234 e. The Morgan fingerprint density at radius 3 is 2.69 bits per heavy atom. The van der Waals surface area contributed by atoms with E-state index in [1.807, 2.05) is 23.6 Å². The minimum atomic E-state index is 0.0749. The molecule has 1 atom stereocenters. The number of hydrogen-bond donors (Lipinski definition) is 1. The SMILES string of the molecule is Cc1cccc([C@@H]2SCC(=O)N2CC[NH+]2CCN(C(=O)C(C)C)CC2)c1. The van der Waals surface area contributed by atoms with E-state index in [-0.39, 0.29) is 23.1 Å². The molecular formula is C20H30N3O2S+. The first kappa shape index (κ1) is 19.2. The highest BCUT2D eigenvalue weighted by Crippen LogP contribution is 2.38. The van der Waals surface area contributed by atoms with Crippen LogP contribution in [-0.4, -0.2) is 66.6 Å². The Hall–Kier alpha value is -1.53. The van der Waals surface area contributed by atoms with Crippen molar-refractivity contribution in [1.82, 2.24) is 9.80 Å². The second kappa shape index (κ2) is 8.44. The quantitative estimate of drug-likeness (QED) is 0.832. The third-order valence-corrected chi connectivity index (χ3v) is 6.53. The van der Waals surface area contributed by atoms with Crippen LogP contribution in [0.25, 0.3) is 0 Å². The first-order chi connectivity index (χ1) is 12.5. The van der Waals surface area contributed by atoms with Crippen LogP contribution in [0.2, 0.25) is 0 Å². The number of aryl methyl sites for hydroxylation is 1. The van der Waals surface area contributed by atoms with Gasteiger partial charge in [0.2, 0.25) is 11.8 Å². The van der Waals surface area contributed by atoms with Crippen molar-refractivity contribution in [2.24, 2.45) is 5.92 Å². The lowest BCUT2D eigenvalue weighted by atomic mass is 10.1. The molecule has 5 nitrogen and oxygen atoms in total. The molecule has 0 unspecified atom stereocenters. The van der Waals surface area contributed by atoms with Crippen molar-refractivity contribution < 1.29 is 14.5 Å². The third-order valence-electron chi connectivity index (χ3n) is 5.28. The second-order valence-corrected chi connectivity index (χ2v) is 8.71. The van der Waals surface area contributed by atoms with E-state index in [0.717, 1.165) is 39.3 Å². The number of amides is 2. The van der Waals surface area contributed by atoms with Gasteiger partial charge in [-0.05, 0) is 12.5 Å². The van der Waals surface area contributed by atoms with Crippen molar-refractivity contribution in [3.8, 4) is 0 Å². The Morgan fingerprint density at radius 2 is 2.04 bits per heavy atom. The monoisotopic (exact) mass is 376 g/mol. The first-order valence-corrected chi connectivity index (χ1v) is 10.6. The molecular weight excluding hydrogens is 346 g/mol. The molecule has 6 heteroatoms. The van der Waals surface area contributed by atoms with Crippen LogP contribution in [0.3, 0.4) is 0 Å². The molecule has 1 aromatic carbocycles. The number of thioether (sulfide) groups is 1. The largest absolute Gasteiger partial charge is 0.331 e. The summed E-state index contributed by atoms with van der Waals surface area (Å²) in [5, 5.41) is 0.144. The van der Waals surface area contributed by atoms with Gasteiger partial charge in [0, 0.05) is 5.92 Å². The number of carbonyl (C=O) groups excluding carboxylic acids is 2. The second-order valence-electron chi connectivity index (χ2n) is 7.64. The van der Waals surface area contributed by atoms with Gasteiger partial charge < -0.3 is 14.7 Å². The number of carbonyl (C=O) groups is 2. The highest BCUT2D eigenvalue weighted by atomic mass is 32.2. The van der Waals surface area contributed by atoms with Crippen molar-refractivity contribution >= 4 is 23.6 Å². The minimum Gasteiger partial charge on any atom is -0.331 e. The molecule has 2 aliphatic heterocycles. The van der Waals surface area contributed by atoms with Crippen LogP contribution in [0.4, 0.5) is 0 Å². The summed E-state index contributed by atoms with van der Waals surface area (Å²) in [5.74, 6) is 1.15. The number of nitrogens with zero attached hydrogens (tertiary/aromatic N) is 2. The molecule has 2 heterocycles. The molecule has 0 aliphatic carbocycles. The summed E-state index contributed by atoms with van der Waals surface area (Å²) in [6, 6.07) is 8.48. The minimum absolute atomic E-state index is 0.0749. The normalized spacial score (nSPS) is 21.7. The number of benzene rings is 1. The van der Waals surface area contributed by atoms with Gasteiger partial charge in [0.25, 0.3) is 0 Å². The molecule has 142 valence electrons. The van der Waals surface area contributed by atoms with E-state index in [0.29, 0.717) is 5.75 Å². The maximum atomic E-state index is 12.4. The van der Waals surface area contributed by atoms with E-state index in [9.17, 15) is 9.59 Å². The molecule has 2 saturated heterocycles. The van der Waals surface area contributed by atoms with E-state index in [2.05, 4.69) is 31.2 Å². The van der Waals surface area contributed by atoms with Gasteiger partial charge in [0.15, 0.2) is 0 Å². The zero-order valence-corrected chi connectivity index (χ0v) is 16.8. The summed E-state index contributed by atoms with van der Waals surface area (Å²) in [6.07, 6.45) is 0. The van der Waals surface area contributed by atoms with Crippen molar-refractivity contribution in [3.05, 3.63) is 35.4 Å². The molecule has 0 radical (unpaired) electrons. The van der Waals surface area contributed by atoms with Gasteiger partial charge in [0.05, 0.1) is 45.0 Å². The number of nitrogens with one attached hydrogen (secondary N) is 1. The fourth-order valence-corrected chi connectivity index (χ4v) is 4.94. The Kier molecular flexibility index (Phi) is 6.24. The Bertz CT molecular complexity index is 656. The molecule has 0 saturated carbocycles. The summed E-state index contributed by atoms with van der Waals surface area (Å²) in [4.78, 5) is 30.0. The lowest BCUT2D eigenvalue weighted by Gasteiger charge is -2.34. The number of quaternary nitrogens is 1. The maximum absolute atomic E-state index is 12.4. The van der Waals surface area contributed by atoms with Gasteiger partial charge in [-0.3, -0.25) is 9.59 Å². The molecule has 2 amide bonds. The summed E-state index contributed by atoms with van der Waals surface area (Å²) in [6.45, 7) is 11.4. The number of piperazine rings is 1. The Morgan fingerprint density at radius 1 is 1.31 bits per heavy atom. The first-order valence-electron chi connectivity index (χ1n) is 9.55. The maximum Gasteiger partial charge on any atom is 0.234 e. The van der Waals surface area contributed by atoms with E-state index in [1.54, 1.807) is 11.8 Å². The summed E-state index contributed by atoms with van der Waals surface area (Å²) in [5.41, 5.74) is 2.46. The Labute approximate surface area is 160 Å². The highest BCUT2D eigenvalue weighted by molar-refractivity contribution is 8.00. The van der Waals surface area contributed by atoms with E-state index < -0.39 is 0 Å². The summed E-state index contributed by atoms with van der Waals surface area (Å²) < 4.78 is 0. The van der Waals surface area contributed by atoms with Crippen LogP contribution in [0.1, 0.15) is 30.3 Å². The van der Waals surface area contributed by atoms with Gasteiger partial charge in [-0.2, -0.15) is 0 Å². The van der Waals surface area contributed by atoms with Gasteiger partial charge >= 0.3 is 0 Å². The van der Waals surface area contributed by atoms with E-state index in [4.69, 9.17) is 0 Å². The lowest BCUT2D eigenvalue weighted by molar-refractivity contribution is -0.903. The highest BCUT2D eigenvalue weighted by Gasteiger charge is 2.34. The zero-order chi connectivity index (χ0) is 18.7. The molecule has 1 N–H and O–H groups in total. The predicted octanol–water partition coefficient (Wildman–Crippen LogP) is 0.952. The third kappa shape index (κ3) is 4.41. The average molecular weight is 377 g/mol. The van der Waals surface area contributed by atoms with Crippen LogP contribution >= 0.6 is 11.8 Å². The van der Waals surface area contributed by atoms with Crippen LogP contribution in [0.5, 0.6) is 0 Å². The van der Waals surface area contributed by atoms with Crippen molar-refractivity contribution in [2.75, 3.05) is 45.0 Å². The van der Waals surface area contributed by atoms with Gasteiger partial charge in [-0.1, -0.05) is 43.7 Å². The average Bonchev–Trinajstić information content (AvgIpc) is 3.00. The molecule has 0 spiro atoms. The van der Waals surface area contributed by atoms with Crippen LogP contribution < -0.4 is 4.90 Å². The van der Waals surface area contributed by atoms with E-state index >= 15 is 0 Å². The van der Waals surface area contributed by atoms with Gasteiger partial charge in [-0.25, -0.2) is 0 Å². The molecule has 3 rings (SSSR count). The van der Waals surface area contributed by atoms with Crippen molar-refractivity contribution in [2.45, 2.75) is 26.1 Å². The standard InChI is InChI=1S/C20H29N3O2S/c1-15(2)19(25)22-10-7-21(8-11-22)9-12-23-18(24)14-26-20(23)17-6-4-5-16(3)13-17/h4-6,13,15,20H,7-12,14H2,1-3H3/p+1/t20-/m0/s1. The van der Waals surface area contributed by atoms with Gasteiger partial charge in [-0.15, -0.1) is 11.8 Å². The van der Waals surface area contributed by atoms with Crippen LogP contribution in [0, 0.1) is 12.8 Å². The number of hydrogen-bond acceptors (Lipinski definition) is 3. The van der Waals surface area contributed by atoms with Crippen LogP contribution in [-0.2, 0) is 9.59 Å². The van der Waals surface area contributed by atoms with E-state index in [1.165, 1.54) is 16.0 Å².